The van der Waals surface area contributed by atoms with Crippen molar-refractivity contribution in [3.63, 3.8) is 0 Å². The molecule has 0 aliphatic carbocycles. The van der Waals surface area contributed by atoms with E-state index < -0.39 is 21.5 Å². The molecule has 0 saturated heterocycles. The Morgan fingerprint density at radius 3 is 2.67 bits per heavy atom. The van der Waals surface area contributed by atoms with Crippen LogP contribution in [0.15, 0.2) is 50.5 Å². The first-order valence-electron chi connectivity index (χ1n) is 8.06. The summed E-state index contributed by atoms with van der Waals surface area (Å²) in [7, 11) is -2.19. The zero-order chi connectivity index (χ0) is 19.8. The number of nitrogens with one attached hydrogen (secondary N) is 1. The highest BCUT2D eigenvalue weighted by Crippen LogP contribution is 2.23. The molecule has 27 heavy (non-hydrogen) atoms. The number of carbonyl (C=O) groups is 1. The van der Waals surface area contributed by atoms with Crippen molar-refractivity contribution >= 4 is 44.1 Å². The van der Waals surface area contributed by atoms with Crippen LogP contribution in [0, 0.1) is 6.92 Å². The maximum absolute atomic E-state index is 12.5. The van der Waals surface area contributed by atoms with Gasteiger partial charge in [-0.25, -0.2) is 13.2 Å². The molecule has 0 spiro atoms. The first-order valence-corrected chi connectivity index (χ1v) is 10.1. The molecule has 0 atom stereocenters. The summed E-state index contributed by atoms with van der Waals surface area (Å²) in [6, 6.07) is 9.34. The molecule has 0 fully saturated rings. The van der Waals surface area contributed by atoms with E-state index in [-0.39, 0.29) is 22.7 Å². The second kappa shape index (κ2) is 7.21. The van der Waals surface area contributed by atoms with Crippen LogP contribution in [-0.2, 0) is 21.7 Å². The lowest BCUT2D eigenvalue weighted by Crippen LogP contribution is -2.17. The summed E-state index contributed by atoms with van der Waals surface area (Å²) in [5, 5.41) is 2.99. The molecule has 7 nitrogen and oxygen atoms in total. The minimum absolute atomic E-state index is 0.00878. The average Bonchev–Trinajstić information content (AvgIpc) is 2.89. The highest BCUT2D eigenvalue weighted by molar-refractivity contribution is 7.91. The molecule has 2 aromatic carbocycles. The molecule has 0 bridgehead atoms. The number of rotatable bonds is 5. The van der Waals surface area contributed by atoms with Gasteiger partial charge < -0.3 is 9.73 Å². The summed E-state index contributed by atoms with van der Waals surface area (Å²) in [5.74, 6) is -1.42. The molecule has 9 heteroatoms. The van der Waals surface area contributed by atoms with Crippen LogP contribution in [0.2, 0.25) is 5.02 Å². The highest BCUT2D eigenvalue weighted by atomic mass is 35.5. The summed E-state index contributed by atoms with van der Waals surface area (Å²) in [4.78, 5) is 23.6. The Morgan fingerprint density at radius 1 is 1.22 bits per heavy atom. The number of oxazole rings is 1. The SMILES string of the molecule is Cc1ccc(NC(=O)CCS(=O)(=O)c2ccc3c(c2)oc(=O)n3C)c(Cl)c1. The van der Waals surface area contributed by atoms with Crippen molar-refractivity contribution < 1.29 is 17.6 Å². The van der Waals surface area contributed by atoms with Crippen molar-refractivity contribution in [3.05, 3.63) is 57.5 Å². The number of sulfone groups is 1. The molecular formula is C18H17ClN2O5S. The summed E-state index contributed by atoms with van der Waals surface area (Å²) in [5.41, 5.74) is 2.05. The Labute approximate surface area is 160 Å². The van der Waals surface area contributed by atoms with E-state index >= 15 is 0 Å². The van der Waals surface area contributed by atoms with Crippen molar-refractivity contribution in [3.8, 4) is 0 Å². The summed E-state index contributed by atoms with van der Waals surface area (Å²) in [6.07, 6.45) is -0.233. The van der Waals surface area contributed by atoms with Gasteiger partial charge in [-0.15, -0.1) is 0 Å². The van der Waals surface area contributed by atoms with Crippen molar-refractivity contribution in [1.29, 1.82) is 0 Å². The number of fused-ring (bicyclic) bond motifs is 1. The number of nitrogens with zero attached hydrogens (tertiary/aromatic N) is 1. The van der Waals surface area contributed by atoms with Gasteiger partial charge in [0.05, 0.1) is 26.9 Å². The Kier molecular flexibility index (Phi) is 5.12. The Bertz CT molecular complexity index is 1190. The third kappa shape index (κ3) is 4.06. The fourth-order valence-corrected chi connectivity index (χ4v) is 4.12. The van der Waals surface area contributed by atoms with E-state index in [1.165, 1.54) is 29.8 Å². The minimum Gasteiger partial charge on any atom is -0.408 e. The van der Waals surface area contributed by atoms with Crippen molar-refractivity contribution in [2.45, 2.75) is 18.2 Å². The van der Waals surface area contributed by atoms with E-state index in [1.807, 2.05) is 6.92 Å². The standard InChI is InChI=1S/C18H17ClN2O5S/c1-11-3-5-14(13(19)9-11)20-17(22)7-8-27(24,25)12-4-6-15-16(10-12)26-18(23)21(15)2/h3-6,9-10H,7-8H2,1-2H3,(H,20,22). The number of amides is 1. The number of aryl methyl sites for hydroxylation is 2. The molecule has 1 N–H and O–H groups in total. The maximum atomic E-state index is 12.5. The number of halogens is 1. The quantitative estimate of drug-likeness (QED) is 0.699. The van der Waals surface area contributed by atoms with Crippen LogP contribution in [0.3, 0.4) is 0 Å². The molecule has 0 unspecified atom stereocenters. The third-order valence-electron chi connectivity index (χ3n) is 4.12. The highest BCUT2D eigenvalue weighted by Gasteiger charge is 2.19. The number of aromatic nitrogens is 1. The fourth-order valence-electron chi connectivity index (χ4n) is 2.59. The molecule has 3 aromatic rings. The van der Waals surface area contributed by atoms with Crippen LogP contribution in [0.4, 0.5) is 5.69 Å². The number of hydrogen-bond acceptors (Lipinski definition) is 5. The van der Waals surface area contributed by atoms with Gasteiger partial charge in [-0.3, -0.25) is 9.36 Å². The van der Waals surface area contributed by atoms with Crippen molar-refractivity contribution in [1.82, 2.24) is 4.57 Å². The van der Waals surface area contributed by atoms with Gasteiger partial charge in [-0.05, 0) is 36.8 Å². The normalized spacial score (nSPS) is 11.7. The molecule has 0 saturated carbocycles. The van der Waals surface area contributed by atoms with Gasteiger partial charge in [-0.2, -0.15) is 0 Å². The van der Waals surface area contributed by atoms with Crippen molar-refractivity contribution in [2.24, 2.45) is 7.05 Å². The minimum atomic E-state index is -3.72. The maximum Gasteiger partial charge on any atom is 0.419 e. The molecule has 0 aliphatic heterocycles. The zero-order valence-corrected chi connectivity index (χ0v) is 16.2. The zero-order valence-electron chi connectivity index (χ0n) is 14.7. The summed E-state index contributed by atoms with van der Waals surface area (Å²) in [6.45, 7) is 1.87. The van der Waals surface area contributed by atoms with Gasteiger partial charge in [0, 0.05) is 19.5 Å². The summed E-state index contributed by atoms with van der Waals surface area (Å²) >= 11 is 6.06. The van der Waals surface area contributed by atoms with E-state index in [2.05, 4.69) is 5.32 Å². The topological polar surface area (TPSA) is 98.4 Å². The molecule has 0 aliphatic rings. The number of hydrogen-bond donors (Lipinski definition) is 1. The largest absolute Gasteiger partial charge is 0.419 e. The van der Waals surface area contributed by atoms with Gasteiger partial charge in [0.25, 0.3) is 0 Å². The van der Waals surface area contributed by atoms with Crippen LogP contribution in [0.1, 0.15) is 12.0 Å². The molecule has 1 aromatic heterocycles. The van der Waals surface area contributed by atoms with Crippen LogP contribution in [0.5, 0.6) is 0 Å². The third-order valence-corrected chi connectivity index (χ3v) is 6.15. The molecule has 1 amide bonds. The van der Waals surface area contributed by atoms with Crippen LogP contribution in [0.25, 0.3) is 11.1 Å². The van der Waals surface area contributed by atoms with Gasteiger partial charge in [0.1, 0.15) is 0 Å². The van der Waals surface area contributed by atoms with Gasteiger partial charge in [-0.1, -0.05) is 17.7 Å². The lowest BCUT2D eigenvalue weighted by atomic mass is 10.2. The van der Waals surface area contributed by atoms with Gasteiger partial charge in [0.15, 0.2) is 15.4 Å². The smallest absolute Gasteiger partial charge is 0.408 e. The van der Waals surface area contributed by atoms with E-state index in [0.29, 0.717) is 16.2 Å². The first-order chi connectivity index (χ1) is 12.7. The molecule has 0 radical (unpaired) electrons. The second-order valence-electron chi connectivity index (χ2n) is 6.16. The van der Waals surface area contributed by atoms with Gasteiger partial charge >= 0.3 is 5.76 Å². The predicted octanol–water partition coefficient (Wildman–Crippen LogP) is 2.90. The monoisotopic (exact) mass is 408 g/mol. The predicted molar refractivity (Wildman–Crippen MR) is 103 cm³/mol. The Hall–Kier alpha value is -2.58. The Balaban J connectivity index is 1.72. The molecular weight excluding hydrogens is 392 g/mol. The van der Waals surface area contributed by atoms with Crippen LogP contribution >= 0.6 is 11.6 Å². The van der Waals surface area contributed by atoms with Gasteiger partial charge in [0.2, 0.25) is 5.91 Å². The number of carbonyl (C=O) groups excluding carboxylic acids is 1. The lowest BCUT2D eigenvalue weighted by Gasteiger charge is -2.08. The molecule has 3 rings (SSSR count). The number of anilines is 1. The van der Waals surface area contributed by atoms with Crippen LogP contribution < -0.4 is 11.1 Å². The number of benzene rings is 2. The second-order valence-corrected chi connectivity index (χ2v) is 8.67. The van der Waals surface area contributed by atoms with E-state index in [0.717, 1.165) is 5.56 Å². The van der Waals surface area contributed by atoms with Crippen LogP contribution in [-0.4, -0.2) is 24.6 Å². The van der Waals surface area contributed by atoms with E-state index in [4.69, 9.17) is 16.0 Å². The van der Waals surface area contributed by atoms with Crippen molar-refractivity contribution in [2.75, 3.05) is 11.1 Å². The van der Waals surface area contributed by atoms with E-state index in [9.17, 15) is 18.0 Å². The average molecular weight is 409 g/mol. The first kappa shape index (κ1) is 19.2. The molecule has 1 heterocycles. The van der Waals surface area contributed by atoms with E-state index in [1.54, 1.807) is 18.2 Å². The summed E-state index contributed by atoms with van der Waals surface area (Å²) < 4.78 is 31.3. The molecule has 142 valence electrons. The Morgan fingerprint density at radius 2 is 1.96 bits per heavy atom. The lowest BCUT2D eigenvalue weighted by molar-refractivity contribution is -0.115. The fraction of sp³-hybridized carbons (Fsp3) is 0.222.